The molecular formula is C12H20N2O. The number of carbonyl (C=O) groups excluding carboxylic acids is 1. The van der Waals surface area contributed by atoms with Crippen LogP contribution in [0.25, 0.3) is 0 Å². The van der Waals surface area contributed by atoms with Gasteiger partial charge in [0.05, 0.1) is 6.07 Å². The Morgan fingerprint density at radius 3 is 2.47 bits per heavy atom. The summed E-state index contributed by atoms with van der Waals surface area (Å²) in [5.41, 5.74) is -0.953. The fourth-order valence-electron chi connectivity index (χ4n) is 1.97. The summed E-state index contributed by atoms with van der Waals surface area (Å²) in [5.74, 6) is 0.412. The lowest BCUT2D eigenvalue weighted by molar-refractivity contribution is -0.135. The molecular weight excluding hydrogens is 188 g/mol. The number of nitriles is 1. The van der Waals surface area contributed by atoms with Crippen molar-refractivity contribution in [2.24, 2.45) is 11.3 Å². The molecule has 1 amide bonds. The summed E-state index contributed by atoms with van der Waals surface area (Å²) in [6.07, 6.45) is 2.28. The van der Waals surface area contributed by atoms with Crippen molar-refractivity contribution in [2.75, 3.05) is 0 Å². The van der Waals surface area contributed by atoms with Crippen LogP contribution in [0.4, 0.5) is 0 Å². The van der Waals surface area contributed by atoms with E-state index >= 15 is 0 Å². The van der Waals surface area contributed by atoms with Crippen molar-refractivity contribution in [1.82, 2.24) is 5.32 Å². The first kappa shape index (κ1) is 12.0. The van der Waals surface area contributed by atoms with Gasteiger partial charge in [-0.05, 0) is 39.0 Å². The molecule has 15 heavy (non-hydrogen) atoms. The maximum Gasteiger partial charge on any atom is 0.240 e. The second-order valence-electron chi connectivity index (χ2n) is 5.40. The fraction of sp³-hybridized carbons (Fsp3) is 0.833. The Balaban J connectivity index is 2.65. The van der Waals surface area contributed by atoms with Crippen LogP contribution in [-0.2, 0) is 4.79 Å². The summed E-state index contributed by atoms with van der Waals surface area (Å²) in [7, 11) is 0. The molecule has 1 aliphatic carbocycles. The summed E-state index contributed by atoms with van der Waals surface area (Å²) in [5, 5.41) is 12.0. The average Bonchev–Trinajstić information content (AvgIpc) is 2.11. The maximum atomic E-state index is 12.0. The van der Waals surface area contributed by atoms with E-state index < -0.39 is 5.41 Å². The topological polar surface area (TPSA) is 52.9 Å². The van der Waals surface area contributed by atoms with Gasteiger partial charge in [0.1, 0.15) is 5.41 Å². The van der Waals surface area contributed by atoms with Crippen LogP contribution in [0.5, 0.6) is 0 Å². The zero-order valence-corrected chi connectivity index (χ0v) is 10.1. The third-order valence-electron chi connectivity index (χ3n) is 3.38. The number of carbonyl (C=O) groups is 1. The predicted octanol–water partition coefficient (Wildman–Crippen LogP) is 2.23. The Morgan fingerprint density at radius 2 is 2.13 bits per heavy atom. The van der Waals surface area contributed by atoms with Gasteiger partial charge in [-0.1, -0.05) is 13.8 Å². The minimum atomic E-state index is -0.744. The van der Waals surface area contributed by atoms with E-state index in [0.717, 1.165) is 6.42 Å². The van der Waals surface area contributed by atoms with E-state index in [0.29, 0.717) is 18.8 Å². The van der Waals surface area contributed by atoms with Gasteiger partial charge in [-0.2, -0.15) is 5.26 Å². The van der Waals surface area contributed by atoms with Crippen molar-refractivity contribution in [2.45, 2.75) is 52.5 Å². The molecule has 0 radical (unpaired) electrons. The molecule has 1 saturated carbocycles. The molecule has 3 nitrogen and oxygen atoms in total. The van der Waals surface area contributed by atoms with Crippen molar-refractivity contribution in [3.05, 3.63) is 0 Å². The summed E-state index contributed by atoms with van der Waals surface area (Å²) < 4.78 is 0. The Labute approximate surface area is 91.9 Å². The molecule has 0 heterocycles. The SMILES string of the molecule is CCC(C)(C)NC(=O)C1(C#N)CC(C)C1. The third-order valence-corrected chi connectivity index (χ3v) is 3.38. The molecule has 0 saturated heterocycles. The standard InChI is InChI=1S/C12H20N2O/c1-5-11(3,4)14-10(15)12(8-13)6-9(2)7-12/h9H,5-7H2,1-4H3,(H,14,15). The Morgan fingerprint density at radius 1 is 1.60 bits per heavy atom. The third kappa shape index (κ3) is 2.31. The molecule has 1 fully saturated rings. The minimum absolute atomic E-state index is 0.0880. The highest BCUT2D eigenvalue weighted by Crippen LogP contribution is 2.45. The number of hydrogen-bond donors (Lipinski definition) is 1. The van der Waals surface area contributed by atoms with Crippen molar-refractivity contribution >= 4 is 5.91 Å². The van der Waals surface area contributed by atoms with Gasteiger partial charge in [0, 0.05) is 5.54 Å². The van der Waals surface area contributed by atoms with Crippen LogP contribution < -0.4 is 5.32 Å². The summed E-state index contributed by atoms with van der Waals surface area (Å²) in [6.45, 7) is 8.08. The normalized spacial score (nSPS) is 30.2. The molecule has 3 heteroatoms. The molecule has 0 aromatic heterocycles. The van der Waals surface area contributed by atoms with Gasteiger partial charge in [0.2, 0.25) is 5.91 Å². The van der Waals surface area contributed by atoms with Crippen LogP contribution in [0.1, 0.15) is 47.0 Å². The van der Waals surface area contributed by atoms with Crippen LogP contribution in [0.2, 0.25) is 0 Å². The van der Waals surface area contributed by atoms with E-state index in [4.69, 9.17) is 5.26 Å². The van der Waals surface area contributed by atoms with Gasteiger partial charge in [-0.25, -0.2) is 0 Å². The van der Waals surface area contributed by atoms with Crippen molar-refractivity contribution < 1.29 is 4.79 Å². The molecule has 1 rings (SSSR count). The zero-order valence-electron chi connectivity index (χ0n) is 10.1. The van der Waals surface area contributed by atoms with Crippen LogP contribution in [0, 0.1) is 22.7 Å². The molecule has 0 aromatic rings. The highest BCUT2D eigenvalue weighted by molar-refractivity contribution is 5.87. The first-order valence-electron chi connectivity index (χ1n) is 5.59. The number of nitrogens with zero attached hydrogens (tertiary/aromatic N) is 1. The monoisotopic (exact) mass is 208 g/mol. The second kappa shape index (κ2) is 3.84. The molecule has 0 atom stereocenters. The highest BCUT2D eigenvalue weighted by atomic mass is 16.2. The molecule has 0 aliphatic heterocycles. The predicted molar refractivity (Wildman–Crippen MR) is 59.0 cm³/mol. The molecule has 0 spiro atoms. The molecule has 0 unspecified atom stereocenters. The maximum absolute atomic E-state index is 12.0. The van der Waals surface area contributed by atoms with E-state index in [1.165, 1.54) is 0 Å². The Bertz CT molecular complexity index is 295. The smallest absolute Gasteiger partial charge is 0.240 e. The van der Waals surface area contributed by atoms with Crippen molar-refractivity contribution in [1.29, 1.82) is 5.26 Å². The quantitative estimate of drug-likeness (QED) is 0.773. The lowest BCUT2D eigenvalue weighted by Gasteiger charge is -2.41. The number of hydrogen-bond acceptors (Lipinski definition) is 2. The fourth-order valence-corrected chi connectivity index (χ4v) is 1.97. The molecule has 0 bridgehead atoms. The van der Waals surface area contributed by atoms with E-state index in [2.05, 4.69) is 18.3 Å². The number of rotatable bonds is 3. The van der Waals surface area contributed by atoms with E-state index in [1.54, 1.807) is 0 Å². The molecule has 1 aliphatic rings. The lowest BCUT2D eigenvalue weighted by Crippen LogP contribution is -2.54. The first-order valence-corrected chi connectivity index (χ1v) is 5.59. The Hall–Kier alpha value is -1.04. The van der Waals surface area contributed by atoms with Gasteiger partial charge < -0.3 is 5.32 Å². The number of amides is 1. The Kier molecular flexibility index (Phi) is 3.08. The van der Waals surface area contributed by atoms with Crippen molar-refractivity contribution in [3.8, 4) is 6.07 Å². The molecule has 1 N–H and O–H groups in total. The zero-order chi connectivity index (χ0) is 11.7. The van der Waals surface area contributed by atoms with Gasteiger partial charge in [0.15, 0.2) is 0 Å². The average molecular weight is 208 g/mol. The van der Waals surface area contributed by atoms with Crippen LogP contribution in [0.15, 0.2) is 0 Å². The first-order chi connectivity index (χ1) is 6.85. The van der Waals surface area contributed by atoms with Crippen LogP contribution in [-0.4, -0.2) is 11.4 Å². The van der Waals surface area contributed by atoms with Crippen molar-refractivity contribution in [3.63, 3.8) is 0 Å². The van der Waals surface area contributed by atoms with E-state index in [-0.39, 0.29) is 11.4 Å². The largest absolute Gasteiger partial charge is 0.350 e. The van der Waals surface area contributed by atoms with Gasteiger partial charge in [-0.3, -0.25) is 4.79 Å². The van der Waals surface area contributed by atoms with Gasteiger partial charge >= 0.3 is 0 Å². The minimum Gasteiger partial charge on any atom is -0.350 e. The summed E-state index contributed by atoms with van der Waals surface area (Å²) in [4.78, 5) is 12.0. The van der Waals surface area contributed by atoms with Gasteiger partial charge in [0.25, 0.3) is 0 Å². The van der Waals surface area contributed by atoms with Crippen LogP contribution >= 0.6 is 0 Å². The van der Waals surface area contributed by atoms with E-state index in [9.17, 15) is 4.79 Å². The molecule has 84 valence electrons. The second-order valence-corrected chi connectivity index (χ2v) is 5.40. The van der Waals surface area contributed by atoms with Gasteiger partial charge in [-0.15, -0.1) is 0 Å². The van der Waals surface area contributed by atoms with E-state index in [1.807, 2.05) is 20.8 Å². The summed E-state index contributed by atoms with van der Waals surface area (Å²) in [6, 6.07) is 2.18. The highest BCUT2D eigenvalue weighted by Gasteiger charge is 2.49. The number of nitrogens with one attached hydrogen (secondary N) is 1. The lowest BCUT2D eigenvalue weighted by atomic mass is 9.63. The van der Waals surface area contributed by atoms with Crippen LogP contribution in [0.3, 0.4) is 0 Å². The molecule has 0 aromatic carbocycles. The summed E-state index contributed by atoms with van der Waals surface area (Å²) >= 11 is 0.